The first-order valence-corrected chi connectivity index (χ1v) is 8.25. The van der Waals surface area contributed by atoms with Crippen molar-refractivity contribution in [3.05, 3.63) is 24.3 Å². The number of carbonyl (C=O) groups is 1. The van der Waals surface area contributed by atoms with Gasteiger partial charge in [-0.25, -0.2) is 0 Å². The number of amides is 1. The van der Waals surface area contributed by atoms with Crippen LogP contribution in [0, 0.1) is 0 Å². The molecule has 110 valence electrons. The van der Waals surface area contributed by atoms with E-state index in [2.05, 4.69) is 10.2 Å². The van der Waals surface area contributed by atoms with E-state index in [4.69, 9.17) is 0 Å². The molecule has 2 rings (SSSR count). The molecular formula is C15H22N2O2S. The number of anilines is 1. The largest absolute Gasteiger partial charge is 0.392 e. The number of aliphatic hydroxyl groups excluding tert-OH is 1. The molecule has 1 aliphatic heterocycles. The molecule has 5 heteroatoms. The van der Waals surface area contributed by atoms with Gasteiger partial charge in [-0.1, -0.05) is 12.1 Å². The molecule has 1 saturated heterocycles. The maximum absolute atomic E-state index is 12.0. The van der Waals surface area contributed by atoms with Crippen LogP contribution in [-0.2, 0) is 4.79 Å². The minimum atomic E-state index is -0.232. The third kappa shape index (κ3) is 4.51. The summed E-state index contributed by atoms with van der Waals surface area (Å²) in [5.74, 6) is 0.0339. The van der Waals surface area contributed by atoms with Crippen molar-refractivity contribution in [1.29, 1.82) is 0 Å². The number of likely N-dealkylation sites (tertiary alicyclic amines) is 1. The van der Waals surface area contributed by atoms with Crippen molar-refractivity contribution in [2.24, 2.45) is 0 Å². The second-order valence-electron chi connectivity index (χ2n) is 5.10. The lowest BCUT2D eigenvalue weighted by Gasteiger charge is -2.29. The molecule has 1 unspecified atom stereocenters. The fraction of sp³-hybridized carbons (Fsp3) is 0.533. The van der Waals surface area contributed by atoms with Gasteiger partial charge < -0.3 is 15.3 Å². The zero-order valence-corrected chi connectivity index (χ0v) is 12.7. The van der Waals surface area contributed by atoms with E-state index >= 15 is 0 Å². The van der Waals surface area contributed by atoms with Crippen molar-refractivity contribution in [2.45, 2.75) is 30.3 Å². The number of para-hydroxylation sites is 1. The van der Waals surface area contributed by atoms with Gasteiger partial charge in [-0.3, -0.25) is 4.79 Å². The molecule has 1 atom stereocenters. The molecule has 0 bridgehead atoms. The van der Waals surface area contributed by atoms with Crippen LogP contribution >= 0.6 is 11.8 Å². The van der Waals surface area contributed by atoms with Gasteiger partial charge in [-0.05, 0) is 37.8 Å². The number of β-amino-alcohol motifs (C(OH)–C–C–N with tert-alkyl or cyclic N) is 1. The number of thioether (sulfide) groups is 1. The molecule has 4 nitrogen and oxygen atoms in total. The Labute approximate surface area is 124 Å². The third-order valence-corrected chi connectivity index (χ3v) is 4.31. The molecule has 1 aromatic rings. The molecule has 20 heavy (non-hydrogen) atoms. The van der Waals surface area contributed by atoms with Gasteiger partial charge in [0.25, 0.3) is 0 Å². The highest BCUT2D eigenvalue weighted by atomic mass is 32.2. The van der Waals surface area contributed by atoms with Gasteiger partial charge in [-0.15, -0.1) is 11.8 Å². The lowest BCUT2D eigenvalue weighted by atomic mass is 10.1. The van der Waals surface area contributed by atoms with Crippen LogP contribution in [0.2, 0.25) is 0 Å². The molecule has 0 spiro atoms. The van der Waals surface area contributed by atoms with Crippen LogP contribution in [0.1, 0.15) is 19.3 Å². The van der Waals surface area contributed by atoms with E-state index in [0.29, 0.717) is 19.5 Å². The molecule has 0 radical (unpaired) electrons. The number of nitrogens with zero attached hydrogens (tertiary/aromatic N) is 1. The number of aliphatic hydroxyl groups is 1. The second kappa shape index (κ2) is 7.67. The zero-order valence-electron chi connectivity index (χ0n) is 11.8. The minimum absolute atomic E-state index is 0.0339. The number of rotatable bonds is 5. The molecule has 1 amide bonds. The van der Waals surface area contributed by atoms with Crippen molar-refractivity contribution < 1.29 is 9.90 Å². The van der Waals surface area contributed by atoms with Gasteiger partial charge in [0.15, 0.2) is 0 Å². The van der Waals surface area contributed by atoms with Gasteiger partial charge in [0, 0.05) is 24.4 Å². The fourth-order valence-corrected chi connectivity index (χ4v) is 3.01. The average molecular weight is 294 g/mol. The highest BCUT2D eigenvalue weighted by molar-refractivity contribution is 7.98. The Morgan fingerprint density at radius 1 is 1.50 bits per heavy atom. The predicted molar refractivity (Wildman–Crippen MR) is 83.2 cm³/mol. The van der Waals surface area contributed by atoms with E-state index in [1.807, 2.05) is 30.5 Å². The smallest absolute Gasteiger partial charge is 0.225 e. The first-order valence-electron chi connectivity index (χ1n) is 7.02. The zero-order chi connectivity index (χ0) is 14.4. The number of benzene rings is 1. The summed E-state index contributed by atoms with van der Waals surface area (Å²) < 4.78 is 0. The summed E-state index contributed by atoms with van der Waals surface area (Å²) in [5.41, 5.74) is 0.878. The van der Waals surface area contributed by atoms with Crippen molar-refractivity contribution in [2.75, 3.05) is 31.2 Å². The summed E-state index contributed by atoms with van der Waals surface area (Å²) in [6, 6.07) is 7.82. The quantitative estimate of drug-likeness (QED) is 0.818. The van der Waals surface area contributed by atoms with Gasteiger partial charge in [0.1, 0.15) is 0 Å². The van der Waals surface area contributed by atoms with Crippen LogP contribution in [0.15, 0.2) is 29.2 Å². The Hall–Kier alpha value is -1.04. The van der Waals surface area contributed by atoms with E-state index in [1.54, 1.807) is 11.8 Å². The van der Waals surface area contributed by atoms with E-state index < -0.39 is 0 Å². The maximum Gasteiger partial charge on any atom is 0.225 e. The Balaban J connectivity index is 1.80. The van der Waals surface area contributed by atoms with Crippen molar-refractivity contribution in [1.82, 2.24) is 4.90 Å². The second-order valence-corrected chi connectivity index (χ2v) is 5.94. The van der Waals surface area contributed by atoms with Crippen molar-refractivity contribution >= 4 is 23.4 Å². The van der Waals surface area contributed by atoms with Crippen LogP contribution < -0.4 is 5.32 Å². The Morgan fingerprint density at radius 2 is 2.30 bits per heavy atom. The summed E-state index contributed by atoms with van der Waals surface area (Å²) in [5, 5.41) is 12.6. The lowest BCUT2D eigenvalue weighted by Crippen LogP contribution is -2.39. The summed E-state index contributed by atoms with van der Waals surface area (Å²) in [6.07, 6.45) is 4.13. The number of nitrogens with one attached hydrogen (secondary N) is 1. The first kappa shape index (κ1) is 15.4. The van der Waals surface area contributed by atoms with Crippen LogP contribution in [0.5, 0.6) is 0 Å². The van der Waals surface area contributed by atoms with E-state index in [0.717, 1.165) is 30.0 Å². The fourth-order valence-electron chi connectivity index (χ4n) is 2.45. The SMILES string of the molecule is CSc1ccccc1NC(=O)CCN1CCCC(O)C1. The molecule has 2 N–H and O–H groups in total. The van der Waals surface area contributed by atoms with Gasteiger partial charge >= 0.3 is 0 Å². The van der Waals surface area contributed by atoms with Crippen molar-refractivity contribution in [3.63, 3.8) is 0 Å². The number of hydrogen-bond donors (Lipinski definition) is 2. The van der Waals surface area contributed by atoms with E-state index in [1.165, 1.54) is 0 Å². The Morgan fingerprint density at radius 3 is 3.05 bits per heavy atom. The predicted octanol–water partition coefficient (Wildman–Crippen LogP) is 2.19. The normalized spacial score (nSPS) is 19.8. The molecule has 1 fully saturated rings. The summed E-state index contributed by atoms with van der Waals surface area (Å²) >= 11 is 1.63. The van der Waals surface area contributed by atoms with Gasteiger partial charge in [0.2, 0.25) is 5.91 Å². The molecular weight excluding hydrogens is 272 g/mol. The highest BCUT2D eigenvalue weighted by Crippen LogP contribution is 2.24. The molecule has 1 heterocycles. The standard InChI is InChI=1S/C15H22N2O2S/c1-20-14-7-3-2-6-13(14)16-15(19)8-10-17-9-4-5-12(18)11-17/h2-3,6-7,12,18H,4-5,8-11H2,1H3,(H,16,19). The van der Waals surface area contributed by atoms with Crippen LogP contribution in [0.4, 0.5) is 5.69 Å². The minimum Gasteiger partial charge on any atom is -0.392 e. The summed E-state index contributed by atoms with van der Waals surface area (Å²) in [7, 11) is 0. The van der Waals surface area contributed by atoms with E-state index in [-0.39, 0.29) is 12.0 Å². The summed E-state index contributed by atoms with van der Waals surface area (Å²) in [4.78, 5) is 15.2. The number of piperidine rings is 1. The lowest BCUT2D eigenvalue weighted by molar-refractivity contribution is -0.116. The molecule has 0 saturated carbocycles. The summed E-state index contributed by atoms with van der Waals surface area (Å²) in [6.45, 7) is 2.38. The van der Waals surface area contributed by atoms with Gasteiger partial charge in [0.05, 0.1) is 11.8 Å². The first-order chi connectivity index (χ1) is 9.69. The number of carbonyl (C=O) groups excluding carboxylic acids is 1. The molecule has 1 aliphatic rings. The third-order valence-electron chi connectivity index (χ3n) is 3.52. The maximum atomic E-state index is 12.0. The molecule has 0 aromatic heterocycles. The topological polar surface area (TPSA) is 52.6 Å². The van der Waals surface area contributed by atoms with E-state index in [9.17, 15) is 9.90 Å². The van der Waals surface area contributed by atoms with Crippen molar-refractivity contribution in [3.8, 4) is 0 Å². The van der Waals surface area contributed by atoms with Crippen LogP contribution in [0.25, 0.3) is 0 Å². The Bertz CT molecular complexity index is 453. The Kier molecular flexibility index (Phi) is 5.88. The van der Waals surface area contributed by atoms with Crippen LogP contribution in [-0.4, -0.2) is 47.9 Å². The number of hydrogen-bond acceptors (Lipinski definition) is 4. The highest BCUT2D eigenvalue weighted by Gasteiger charge is 2.18. The monoisotopic (exact) mass is 294 g/mol. The van der Waals surface area contributed by atoms with Crippen LogP contribution in [0.3, 0.4) is 0 Å². The molecule has 1 aromatic carbocycles. The average Bonchev–Trinajstić information content (AvgIpc) is 2.46. The van der Waals surface area contributed by atoms with Gasteiger partial charge in [-0.2, -0.15) is 0 Å². The molecule has 0 aliphatic carbocycles.